The maximum absolute atomic E-state index is 10.3. The van der Waals surface area contributed by atoms with E-state index in [-0.39, 0.29) is 10.7 Å². The summed E-state index contributed by atoms with van der Waals surface area (Å²) in [4.78, 5) is 0. The maximum Gasteiger partial charge on any atom is 0.161 e. The third kappa shape index (κ3) is 3.18. The molecule has 1 aliphatic heterocycles. The maximum atomic E-state index is 10.3. The molecule has 0 spiro atoms. The monoisotopic (exact) mass is 284 g/mol. The standard InChI is InChI=1S/C18H27BNO/c1-12-16(2,3)11-13-8-9-14(10-15(13)20-12)19-17(4,5)18(6,7)21/h8-10,20-21H,1,11H2,2-7H3. The van der Waals surface area contributed by atoms with Gasteiger partial charge in [0.05, 0.1) is 5.60 Å². The summed E-state index contributed by atoms with van der Waals surface area (Å²) in [7, 11) is 2.14. The molecule has 0 aromatic heterocycles. The van der Waals surface area contributed by atoms with E-state index in [0.29, 0.717) is 0 Å². The SMILES string of the molecule is C=C1Nc2cc([B]C(C)(C)C(C)(C)O)ccc2CC1(C)C. The molecule has 1 aromatic carbocycles. The van der Waals surface area contributed by atoms with Gasteiger partial charge in [0.2, 0.25) is 0 Å². The lowest BCUT2D eigenvalue weighted by atomic mass is 9.45. The van der Waals surface area contributed by atoms with E-state index in [4.69, 9.17) is 0 Å². The fourth-order valence-electron chi connectivity index (χ4n) is 2.46. The summed E-state index contributed by atoms with van der Waals surface area (Å²) in [5.41, 5.74) is 3.98. The minimum atomic E-state index is -0.762. The molecule has 1 radical (unpaired) electrons. The Morgan fingerprint density at radius 2 is 1.86 bits per heavy atom. The lowest BCUT2D eigenvalue weighted by Gasteiger charge is -2.38. The molecular formula is C18H27BNO. The molecule has 0 bridgehead atoms. The zero-order chi connectivity index (χ0) is 16.1. The van der Waals surface area contributed by atoms with Gasteiger partial charge in [-0.05, 0) is 37.2 Å². The Morgan fingerprint density at radius 3 is 2.43 bits per heavy atom. The molecule has 0 fully saturated rings. The molecule has 2 rings (SSSR count). The Balaban J connectivity index is 2.28. The molecular weight excluding hydrogens is 257 g/mol. The first-order valence-electron chi connectivity index (χ1n) is 7.60. The van der Waals surface area contributed by atoms with Crippen LogP contribution in [0.25, 0.3) is 0 Å². The van der Waals surface area contributed by atoms with Crippen molar-refractivity contribution in [2.45, 2.75) is 58.9 Å². The van der Waals surface area contributed by atoms with Crippen molar-refractivity contribution in [1.82, 2.24) is 0 Å². The Morgan fingerprint density at radius 1 is 1.24 bits per heavy atom. The second-order valence-electron chi connectivity index (χ2n) is 8.01. The Labute approximate surface area is 129 Å². The van der Waals surface area contributed by atoms with Gasteiger partial charge < -0.3 is 10.4 Å². The van der Waals surface area contributed by atoms with Gasteiger partial charge >= 0.3 is 0 Å². The van der Waals surface area contributed by atoms with Gasteiger partial charge in [-0.15, -0.1) is 0 Å². The average molecular weight is 284 g/mol. The van der Waals surface area contributed by atoms with Crippen molar-refractivity contribution in [3.63, 3.8) is 0 Å². The molecule has 0 amide bonds. The molecule has 2 N–H and O–H groups in total. The van der Waals surface area contributed by atoms with Crippen LogP contribution < -0.4 is 10.8 Å². The van der Waals surface area contributed by atoms with Crippen LogP contribution in [0, 0.1) is 5.41 Å². The Bertz CT molecular complexity index is 567. The van der Waals surface area contributed by atoms with E-state index in [9.17, 15) is 5.11 Å². The fourth-order valence-corrected chi connectivity index (χ4v) is 2.46. The van der Waals surface area contributed by atoms with E-state index in [2.05, 4.69) is 65.1 Å². The number of benzene rings is 1. The first-order chi connectivity index (χ1) is 9.42. The Kier molecular flexibility index (Phi) is 3.78. The number of nitrogens with one attached hydrogen (secondary N) is 1. The van der Waals surface area contributed by atoms with E-state index in [1.165, 1.54) is 5.56 Å². The smallest absolute Gasteiger partial charge is 0.161 e. The highest BCUT2D eigenvalue weighted by Crippen LogP contribution is 2.39. The van der Waals surface area contributed by atoms with Crippen molar-refractivity contribution in [2.75, 3.05) is 5.32 Å². The van der Waals surface area contributed by atoms with Crippen molar-refractivity contribution >= 4 is 18.4 Å². The van der Waals surface area contributed by atoms with E-state index >= 15 is 0 Å². The molecule has 1 aliphatic rings. The fraction of sp³-hybridized carbons (Fsp3) is 0.556. The van der Waals surface area contributed by atoms with E-state index in [0.717, 1.165) is 23.3 Å². The second kappa shape index (κ2) is 4.91. The summed E-state index contributed by atoms with van der Waals surface area (Å²) in [5, 5.41) is 13.4. The minimum Gasteiger partial charge on any atom is -0.391 e. The predicted octanol–water partition coefficient (Wildman–Crippen LogP) is 3.49. The summed E-state index contributed by atoms with van der Waals surface area (Å²) in [6.07, 6.45) is 1.00. The summed E-state index contributed by atoms with van der Waals surface area (Å²) in [6.45, 7) is 16.4. The minimum absolute atomic E-state index is 0.0879. The van der Waals surface area contributed by atoms with Crippen LogP contribution in [0.15, 0.2) is 30.5 Å². The lowest BCUT2D eigenvalue weighted by Crippen LogP contribution is -2.42. The number of hydrogen-bond acceptors (Lipinski definition) is 2. The highest BCUT2D eigenvalue weighted by Gasteiger charge is 2.36. The molecule has 0 unspecified atom stereocenters. The highest BCUT2D eigenvalue weighted by molar-refractivity contribution is 6.57. The summed E-state index contributed by atoms with van der Waals surface area (Å²) < 4.78 is 0. The van der Waals surface area contributed by atoms with E-state index in [1.54, 1.807) is 0 Å². The van der Waals surface area contributed by atoms with Crippen molar-refractivity contribution in [3.8, 4) is 0 Å². The predicted molar refractivity (Wildman–Crippen MR) is 92.4 cm³/mol. The largest absolute Gasteiger partial charge is 0.391 e. The van der Waals surface area contributed by atoms with Gasteiger partial charge in [-0.25, -0.2) is 0 Å². The Hall–Kier alpha value is -1.22. The summed E-state index contributed by atoms with van der Waals surface area (Å²) in [5.74, 6) is 0. The van der Waals surface area contributed by atoms with Crippen molar-refractivity contribution in [3.05, 3.63) is 36.0 Å². The van der Waals surface area contributed by atoms with E-state index < -0.39 is 5.60 Å². The van der Waals surface area contributed by atoms with Crippen molar-refractivity contribution in [2.24, 2.45) is 5.41 Å². The van der Waals surface area contributed by atoms with Gasteiger partial charge in [0, 0.05) is 16.8 Å². The quantitative estimate of drug-likeness (QED) is 0.833. The molecule has 0 atom stereocenters. The average Bonchev–Trinajstić information content (AvgIpc) is 2.29. The van der Waals surface area contributed by atoms with Crippen LogP contribution in [0.4, 0.5) is 5.69 Å². The van der Waals surface area contributed by atoms with Crippen LogP contribution in [0.1, 0.15) is 47.1 Å². The molecule has 2 nitrogen and oxygen atoms in total. The van der Waals surface area contributed by atoms with Gasteiger partial charge in [-0.3, -0.25) is 0 Å². The number of rotatable bonds is 3. The summed E-state index contributed by atoms with van der Waals surface area (Å²) >= 11 is 0. The molecule has 3 heteroatoms. The molecule has 113 valence electrons. The zero-order valence-electron chi connectivity index (χ0n) is 14.2. The van der Waals surface area contributed by atoms with Crippen LogP contribution in [-0.2, 0) is 6.42 Å². The number of hydrogen-bond donors (Lipinski definition) is 2. The molecule has 21 heavy (non-hydrogen) atoms. The first kappa shape index (κ1) is 16.2. The van der Waals surface area contributed by atoms with E-state index in [1.807, 2.05) is 13.8 Å². The van der Waals surface area contributed by atoms with Crippen LogP contribution in [-0.4, -0.2) is 18.0 Å². The summed E-state index contributed by atoms with van der Waals surface area (Å²) in [6, 6.07) is 6.48. The van der Waals surface area contributed by atoms with Gasteiger partial charge in [-0.1, -0.05) is 51.9 Å². The molecule has 1 aromatic rings. The van der Waals surface area contributed by atoms with Gasteiger partial charge in [0.15, 0.2) is 7.28 Å². The number of anilines is 1. The van der Waals surface area contributed by atoms with Gasteiger partial charge in [0.25, 0.3) is 0 Å². The number of allylic oxidation sites excluding steroid dienone is 1. The third-order valence-corrected chi connectivity index (χ3v) is 4.97. The number of fused-ring (bicyclic) bond motifs is 1. The van der Waals surface area contributed by atoms with Crippen molar-refractivity contribution in [1.29, 1.82) is 0 Å². The van der Waals surface area contributed by atoms with Gasteiger partial charge in [0.1, 0.15) is 0 Å². The molecule has 0 aliphatic carbocycles. The lowest BCUT2D eigenvalue weighted by molar-refractivity contribution is 0.0410. The molecule has 0 saturated carbocycles. The topological polar surface area (TPSA) is 32.3 Å². The number of aliphatic hydroxyl groups is 1. The first-order valence-corrected chi connectivity index (χ1v) is 7.60. The molecule has 1 heterocycles. The third-order valence-electron chi connectivity index (χ3n) is 4.97. The van der Waals surface area contributed by atoms with Gasteiger partial charge in [-0.2, -0.15) is 0 Å². The van der Waals surface area contributed by atoms with Crippen LogP contribution in [0.2, 0.25) is 5.31 Å². The van der Waals surface area contributed by atoms with Crippen LogP contribution in [0.3, 0.4) is 0 Å². The second-order valence-corrected chi connectivity index (χ2v) is 8.01. The van der Waals surface area contributed by atoms with Crippen molar-refractivity contribution < 1.29 is 5.11 Å². The van der Waals surface area contributed by atoms with Crippen LogP contribution in [0.5, 0.6) is 0 Å². The highest BCUT2D eigenvalue weighted by atomic mass is 16.3. The van der Waals surface area contributed by atoms with Crippen LogP contribution >= 0.6 is 0 Å². The zero-order valence-corrected chi connectivity index (χ0v) is 14.2. The molecule has 0 saturated heterocycles. The normalized spacial score (nSPS) is 18.0.